The Morgan fingerprint density at radius 3 is 2.67 bits per heavy atom. The Bertz CT molecular complexity index is 978. The molecule has 27 heavy (non-hydrogen) atoms. The van der Waals surface area contributed by atoms with Crippen molar-refractivity contribution in [1.29, 1.82) is 0 Å². The zero-order chi connectivity index (χ0) is 19.2. The molecule has 0 bridgehead atoms. The molecule has 0 spiro atoms. The van der Waals surface area contributed by atoms with E-state index in [2.05, 4.69) is 5.32 Å². The van der Waals surface area contributed by atoms with E-state index in [1.807, 2.05) is 31.2 Å². The Labute approximate surface area is 156 Å². The quantitative estimate of drug-likeness (QED) is 0.670. The first-order chi connectivity index (χ1) is 13.1. The van der Waals surface area contributed by atoms with Crippen molar-refractivity contribution in [3.05, 3.63) is 81.7 Å². The second-order valence-electron chi connectivity index (χ2n) is 6.17. The van der Waals surface area contributed by atoms with Crippen LogP contribution in [0.25, 0.3) is 11.0 Å². The molecular formula is C21H21NO5. The van der Waals surface area contributed by atoms with E-state index in [9.17, 15) is 9.59 Å². The number of rotatable bonds is 7. The Balaban J connectivity index is 1.75. The number of ether oxygens (including phenoxy) is 1. The van der Waals surface area contributed by atoms with Gasteiger partial charge >= 0.3 is 0 Å². The number of aryl methyl sites for hydroxylation is 1. The van der Waals surface area contributed by atoms with Crippen LogP contribution >= 0.6 is 0 Å². The maximum absolute atomic E-state index is 12.5. The Hall–Kier alpha value is -2.96. The van der Waals surface area contributed by atoms with E-state index in [4.69, 9.17) is 14.3 Å². The first-order valence-electron chi connectivity index (χ1n) is 8.68. The summed E-state index contributed by atoms with van der Waals surface area (Å²) in [5, 5.41) is 12.2. The molecule has 1 atom stereocenters. The minimum atomic E-state index is -0.498. The lowest BCUT2D eigenvalue weighted by molar-refractivity contribution is 0.0275. The third-order valence-electron chi connectivity index (χ3n) is 4.17. The fourth-order valence-corrected chi connectivity index (χ4v) is 2.74. The van der Waals surface area contributed by atoms with Gasteiger partial charge in [0.15, 0.2) is 11.2 Å². The van der Waals surface area contributed by atoms with Crippen LogP contribution in [0.5, 0.6) is 0 Å². The summed E-state index contributed by atoms with van der Waals surface area (Å²) < 4.78 is 11.2. The summed E-state index contributed by atoms with van der Waals surface area (Å²) in [5.41, 5.74) is 2.09. The van der Waals surface area contributed by atoms with Gasteiger partial charge in [0, 0.05) is 12.6 Å². The lowest BCUT2D eigenvalue weighted by atomic mass is 10.1. The van der Waals surface area contributed by atoms with E-state index >= 15 is 0 Å². The Kier molecular flexibility index (Phi) is 6.01. The van der Waals surface area contributed by atoms with E-state index in [-0.39, 0.29) is 30.9 Å². The Morgan fingerprint density at radius 2 is 1.93 bits per heavy atom. The summed E-state index contributed by atoms with van der Waals surface area (Å²) in [4.78, 5) is 24.6. The fourth-order valence-electron chi connectivity index (χ4n) is 2.74. The summed E-state index contributed by atoms with van der Waals surface area (Å²) in [7, 11) is 0. The fraction of sp³-hybridized carbons (Fsp3) is 0.238. The van der Waals surface area contributed by atoms with Gasteiger partial charge in [-0.3, -0.25) is 9.59 Å². The molecule has 2 N–H and O–H groups in total. The monoisotopic (exact) mass is 367 g/mol. The number of fused-ring (bicyclic) bond motifs is 1. The van der Waals surface area contributed by atoms with Crippen molar-refractivity contribution in [3.8, 4) is 0 Å². The maximum atomic E-state index is 12.5. The van der Waals surface area contributed by atoms with E-state index in [0.717, 1.165) is 11.1 Å². The van der Waals surface area contributed by atoms with Gasteiger partial charge < -0.3 is 19.6 Å². The SMILES string of the molecule is Cc1ccc(C(CNC(=O)c2cc(=O)c3ccccc3o2)OCCO)cc1. The average molecular weight is 367 g/mol. The summed E-state index contributed by atoms with van der Waals surface area (Å²) in [5.74, 6) is -0.550. The largest absolute Gasteiger partial charge is 0.451 e. The second-order valence-corrected chi connectivity index (χ2v) is 6.17. The molecule has 1 unspecified atom stereocenters. The molecule has 6 nitrogen and oxygen atoms in total. The van der Waals surface area contributed by atoms with E-state index < -0.39 is 12.0 Å². The number of nitrogens with one attached hydrogen (secondary N) is 1. The molecular weight excluding hydrogens is 346 g/mol. The van der Waals surface area contributed by atoms with E-state index in [0.29, 0.717) is 11.0 Å². The number of benzene rings is 2. The van der Waals surface area contributed by atoms with Crippen LogP contribution in [0.15, 0.2) is 63.8 Å². The molecule has 1 amide bonds. The number of amides is 1. The molecule has 2 aromatic carbocycles. The molecule has 1 aromatic heterocycles. The van der Waals surface area contributed by atoms with Crippen LogP contribution in [0, 0.1) is 6.92 Å². The van der Waals surface area contributed by atoms with Crippen LogP contribution in [0.4, 0.5) is 0 Å². The zero-order valence-corrected chi connectivity index (χ0v) is 15.0. The highest BCUT2D eigenvalue weighted by molar-refractivity contribution is 5.93. The van der Waals surface area contributed by atoms with Gasteiger partial charge in [0.2, 0.25) is 0 Å². The van der Waals surface area contributed by atoms with Gasteiger partial charge in [-0.2, -0.15) is 0 Å². The highest BCUT2D eigenvalue weighted by Crippen LogP contribution is 2.18. The van der Waals surface area contributed by atoms with Crippen LogP contribution in [-0.4, -0.2) is 30.8 Å². The third-order valence-corrected chi connectivity index (χ3v) is 4.17. The smallest absolute Gasteiger partial charge is 0.287 e. The van der Waals surface area contributed by atoms with Crippen molar-refractivity contribution in [3.63, 3.8) is 0 Å². The standard InChI is InChI=1S/C21H21NO5/c1-14-6-8-15(9-7-14)20(26-11-10-23)13-22-21(25)19-12-17(24)16-4-2-3-5-18(16)27-19/h2-9,12,20,23H,10-11,13H2,1H3,(H,22,25). The summed E-state index contributed by atoms with van der Waals surface area (Å²) >= 11 is 0. The van der Waals surface area contributed by atoms with Gasteiger partial charge in [0.05, 0.1) is 24.7 Å². The van der Waals surface area contributed by atoms with Crippen molar-refractivity contribution < 1.29 is 19.1 Å². The number of carbonyl (C=O) groups is 1. The number of para-hydroxylation sites is 1. The number of aliphatic hydroxyl groups excluding tert-OH is 1. The van der Waals surface area contributed by atoms with Crippen LogP contribution < -0.4 is 10.7 Å². The van der Waals surface area contributed by atoms with Gasteiger partial charge in [-0.25, -0.2) is 0 Å². The number of hydrogen-bond donors (Lipinski definition) is 2. The van der Waals surface area contributed by atoms with Gasteiger partial charge in [-0.15, -0.1) is 0 Å². The lowest BCUT2D eigenvalue weighted by Crippen LogP contribution is -2.30. The molecule has 1 heterocycles. The maximum Gasteiger partial charge on any atom is 0.287 e. The molecule has 3 aromatic rings. The average Bonchev–Trinajstić information content (AvgIpc) is 2.68. The summed E-state index contributed by atoms with van der Waals surface area (Å²) in [6.45, 7) is 2.20. The van der Waals surface area contributed by atoms with Gasteiger partial charge in [-0.1, -0.05) is 42.0 Å². The number of carbonyl (C=O) groups excluding carboxylic acids is 1. The van der Waals surface area contributed by atoms with E-state index in [1.165, 1.54) is 6.07 Å². The summed E-state index contributed by atoms with van der Waals surface area (Å²) in [6, 6.07) is 15.7. The van der Waals surface area contributed by atoms with Crippen LogP contribution in [-0.2, 0) is 4.74 Å². The van der Waals surface area contributed by atoms with Crippen molar-refractivity contribution in [2.45, 2.75) is 13.0 Å². The summed E-state index contributed by atoms with van der Waals surface area (Å²) in [6.07, 6.45) is -0.422. The van der Waals surface area contributed by atoms with Crippen molar-refractivity contribution in [2.75, 3.05) is 19.8 Å². The second kappa shape index (κ2) is 8.62. The number of hydrogen-bond acceptors (Lipinski definition) is 5. The van der Waals surface area contributed by atoms with Gasteiger partial charge in [-0.05, 0) is 24.6 Å². The predicted molar refractivity (Wildman–Crippen MR) is 102 cm³/mol. The topological polar surface area (TPSA) is 88.8 Å². The molecule has 140 valence electrons. The molecule has 6 heteroatoms. The van der Waals surface area contributed by atoms with Crippen LogP contribution in [0.3, 0.4) is 0 Å². The molecule has 0 aliphatic carbocycles. The van der Waals surface area contributed by atoms with E-state index in [1.54, 1.807) is 24.3 Å². The first kappa shape index (κ1) is 18.8. The van der Waals surface area contributed by atoms with Gasteiger partial charge in [0.1, 0.15) is 5.58 Å². The van der Waals surface area contributed by atoms with Crippen LogP contribution in [0.2, 0.25) is 0 Å². The lowest BCUT2D eigenvalue weighted by Gasteiger charge is -2.18. The molecule has 0 aliphatic rings. The Morgan fingerprint density at radius 1 is 1.19 bits per heavy atom. The minimum Gasteiger partial charge on any atom is -0.451 e. The van der Waals surface area contributed by atoms with Crippen LogP contribution in [0.1, 0.15) is 27.8 Å². The van der Waals surface area contributed by atoms with Crippen molar-refractivity contribution in [1.82, 2.24) is 5.32 Å². The first-order valence-corrected chi connectivity index (χ1v) is 8.68. The number of aliphatic hydroxyl groups is 1. The van der Waals surface area contributed by atoms with Crippen molar-refractivity contribution >= 4 is 16.9 Å². The molecule has 0 saturated carbocycles. The normalized spacial score (nSPS) is 12.1. The molecule has 0 aliphatic heterocycles. The highest BCUT2D eigenvalue weighted by Gasteiger charge is 2.17. The molecule has 3 rings (SSSR count). The highest BCUT2D eigenvalue weighted by atomic mass is 16.5. The molecule has 0 fully saturated rings. The zero-order valence-electron chi connectivity index (χ0n) is 15.0. The predicted octanol–water partition coefficient (Wildman–Crippen LogP) is 2.58. The molecule has 0 radical (unpaired) electrons. The molecule has 0 saturated heterocycles. The minimum absolute atomic E-state index is 0.0523. The third kappa shape index (κ3) is 4.61. The van der Waals surface area contributed by atoms with Crippen molar-refractivity contribution in [2.24, 2.45) is 0 Å². The van der Waals surface area contributed by atoms with Gasteiger partial charge in [0.25, 0.3) is 5.91 Å².